The average molecular weight is 215 g/mol. The Bertz CT molecular complexity index is 240. The number of nitrogens with two attached hydrogens (primary N) is 1. The fourth-order valence-electron chi connectivity index (χ4n) is 2.43. The van der Waals surface area contributed by atoms with E-state index in [0.29, 0.717) is 13.2 Å². The quantitative estimate of drug-likeness (QED) is 0.693. The van der Waals surface area contributed by atoms with Crippen LogP contribution in [0, 0.1) is 5.92 Å². The molecule has 1 saturated carbocycles. The smallest absolute Gasteiger partial charge is 0.320 e. The Morgan fingerprint density at radius 3 is 2.33 bits per heavy atom. The predicted octanol–water partition coefficient (Wildman–Crippen LogP) is 0.332. The monoisotopic (exact) mass is 215 g/mol. The highest BCUT2D eigenvalue weighted by molar-refractivity contribution is 5.73. The molecule has 86 valence electrons. The molecule has 3 N–H and O–H groups in total. The first kappa shape index (κ1) is 10.9. The number of carboxylic acid groups (broad SMARTS) is 1. The minimum atomic E-state index is -0.913. The van der Waals surface area contributed by atoms with Crippen LogP contribution in [0.1, 0.15) is 25.7 Å². The second-order valence-corrected chi connectivity index (χ2v) is 4.31. The van der Waals surface area contributed by atoms with Crippen LogP contribution in [-0.2, 0) is 14.3 Å². The van der Waals surface area contributed by atoms with E-state index in [0.717, 1.165) is 25.7 Å². The maximum atomic E-state index is 10.7. The highest BCUT2D eigenvalue weighted by Crippen LogP contribution is 2.38. The molecule has 15 heavy (non-hydrogen) atoms. The maximum absolute atomic E-state index is 10.7. The summed E-state index contributed by atoms with van der Waals surface area (Å²) in [4.78, 5) is 10.7. The van der Waals surface area contributed by atoms with Crippen molar-refractivity contribution in [2.75, 3.05) is 13.2 Å². The lowest BCUT2D eigenvalue weighted by atomic mass is 9.81. The van der Waals surface area contributed by atoms with Crippen molar-refractivity contribution < 1.29 is 19.4 Å². The molecule has 1 spiro atoms. The van der Waals surface area contributed by atoms with Crippen molar-refractivity contribution in [1.82, 2.24) is 0 Å². The van der Waals surface area contributed by atoms with Gasteiger partial charge in [-0.05, 0) is 18.8 Å². The molecular formula is C10H17NO4. The van der Waals surface area contributed by atoms with Gasteiger partial charge in [-0.3, -0.25) is 4.79 Å². The number of carboxylic acids is 1. The van der Waals surface area contributed by atoms with E-state index in [1.54, 1.807) is 0 Å². The number of rotatable bonds is 2. The molecule has 1 atom stereocenters. The average Bonchev–Trinajstić information content (AvgIpc) is 2.67. The van der Waals surface area contributed by atoms with Crippen LogP contribution < -0.4 is 5.73 Å². The summed E-state index contributed by atoms with van der Waals surface area (Å²) in [6, 6.07) is -0.747. The first-order valence-corrected chi connectivity index (χ1v) is 5.39. The Kier molecular flexibility index (Phi) is 2.95. The van der Waals surface area contributed by atoms with Gasteiger partial charge >= 0.3 is 5.97 Å². The van der Waals surface area contributed by atoms with Gasteiger partial charge < -0.3 is 20.3 Å². The summed E-state index contributed by atoms with van der Waals surface area (Å²) < 4.78 is 11.1. The zero-order chi connectivity index (χ0) is 10.9. The van der Waals surface area contributed by atoms with Crippen LogP contribution in [0.5, 0.6) is 0 Å². The first-order valence-electron chi connectivity index (χ1n) is 5.39. The lowest BCUT2D eigenvalue weighted by Gasteiger charge is -2.36. The molecule has 0 radical (unpaired) electrons. The van der Waals surface area contributed by atoms with Crippen molar-refractivity contribution in [2.45, 2.75) is 37.5 Å². The Labute approximate surface area is 88.5 Å². The van der Waals surface area contributed by atoms with Crippen molar-refractivity contribution in [2.24, 2.45) is 11.7 Å². The molecule has 2 fully saturated rings. The van der Waals surface area contributed by atoms with Crippen LogP contribution in [-0.4, -0.2) is 36.1 Å². The predicted molar refractivity (Wildman–Crippen MR) is 52.2 cm³/mol. The van der Waals surface area contributed by atoms with E-state index in [4.69, 9.17) is 20.3 Å². The van der Waals surface area contributed by atoms with Crippen molar-refractivity contribution in [1.29, 1.82) is 0 Å². The van der Waals surface area contributed by atoms with E-state index in [2.05, 4.69) is 0 Å². The van der Waals surface area contributed by atoms with E-state index in [-0.39, 0.29) is 5.92 Å². The molecule has 1 unspecified atom stereocenters. The van der Waals surface area contributed by atoms with Crippen molar-refractivity contribution >= 4 is 5.97 Å². The number of hydrogen-bond acceptors (Lipinski definition) is 4. The van der Waals surface area contributed by atoms with Crippen LogP contribution in [0.15, 0.2) is 0 Å². The highest BCUT2D eigenvalue weighted by Gasteiger charge is 2.42. The van der Waals surface area contributed by atoms with Crippen molar-refractivity contribution in [3.63, 3.8) is 0 Å². The van der Waals surface area contributed by atoms with E-state index in [9.17, 15) is 4.79 Å². The summed E-state index contributed by atoms with van der Waals surface area (Å²) in [5, 5.41) is 8.80. The second-order valence-electron chi connectivity index (χ2n) is 4.31. The third kappa shape index (κ3) is 2.14. The second kappa shape index (κ2) is 4.08. The minimum absolute atomic E-state index is 0.0564. The molecule has 0 amide bonds. The fraction of sp³-hybridized carbons (Fsp3) is 0.900. The number of ether oxygens (including phenoxy) is 2. The summed E-state index contributed by atoms with van der Waals surface area (Å²) >= 11 is 0. The van der Waals surface area contributed by atoms with Gasteiger partial charge in [0.1, 0.15) is 6.04 Å². The number of aliphatic carboxylic acids is 1. The van der Waals surface area contributed by atoms with E-state index in [1.807, 2.05) is 0 Å². The van der Waals surface area contributed by atoms with E-state index < -0.39 is 17.8 Å². The van der Waals surface area contributed by atoms with Crippen LogP contribution >= 0.6 is 0 Å². The molecule has 5 heteroatoms. The van der Waals surface area contributed by atoms with Crippen LogP contribution in [0.25, 0.3) is 0 Å². The molecule has 5 nitrogen and oxygen atoms in total. The molecule has 1 aliphatic carbocycles. The van der Waals surface area contributed by atoms with Gasteiger partial charge in [-0.15, -0.1) is 0 Å². The van der Waals surface area contributed by atoms with E-state index >= 15 is 0 Å². The summed E-state index contributed by atoms with van der Waals surface area (Å²) in [7, 11) is 0. The molecule has 0 aromatic heterocycles. The van der Waals surface area contributed by atoms with Crippen LogP contribution in [0.4, 0.5) is 0 Å². The van der Waals surface area contributed by atoms with Crippen LogP contribution in [0.2, 0.25) is 0 Å². The third-order valence-corrected chi connectivity index (χ3v) is 3.40. The van der Waals surface area contributed by atoms with Crippen molar-refractivity contribution in [3.05, 3.63) is 0 Å². The normalized spacial score (nSPS) is 28.1. The number of carbonyl (C=O) groups is 1. The van der Waals surface area contributed by atoms with Gasteiger partial charge in [0, 0.05) is 12.8 Å². The Morgan fingerprint density at radius 1 is 1.33 bits per heavy atom. The lowest BCUT2D eigenvalue weighted by molar-refractivity contribution is -0.184. The minimum Gasteiger partial charge on any atom is -0.480 e. The topological polar surface area (TPSA) is 81.8 Å². The molecule has 0 bridgehead atoms. The van der Waals surface area contributed by atoms with Gasteiger partial charge in [-0.25, -0.2) is 0 Å². The first-order chi connectivity index (χ1) is 7.13. The molecule has 1 heterocycles. The Morgan fingerprint density at radius 2 is 1.87 bits per heavy atom. The highest BCUT2D eigenvalue weighted by atomic mass is 16.7. The van der Waals surface area contributed by atoms with Gasteiger partial charge in [0.25, 0.3) is 0 Å². The SMILES string of the molecule is NC(C(=O)O)C1CCC2(CC1)OCCO2. The van der Waals surface area contributed by atoms with Crippen molar-refractivity contribution in [3.8, 4) is 0 Å². The van der Waals surface area contributed by atoms with E-state index in [1.165, 1.54) is 0 Å². The van der Waals surface area contributed by atoms with Crippen LogP contribution in [0.3, 0.4) is 0 Å². The molecule has 0 aromatic carbocycles. The standard InChI is InChI=1S/C10H17NO4/c11-8(9(12)13)7-1-3-10(4-2-7)14-5-6-15-10/h7-8H,1-6,11H2,(H,12,13). The molecule has 2 rings (SSSR count). The lowest BCUT2D eigenvalue weighted by Crippen LogP contribution is -2.44. The molecule has 1 saturated heterocycles. The summed E-state index contributed by atoms with van der Waals surface area (Å²) in [5.41, 5.74) is 5.60. The summed E-state index contributed by atoms with van der Waals surface area (Å²) in [6.07, 6.45) is 3.07. The number of hydrogen-bond donors (Lipinski definition) is 2. The Balaban J connectivity index is 1.89. The van der Waals surface area contributed by atoms with Gasteiger partial charge in [0.05, 0.1) is 13.2 Å². The largest absolute Gasteiger partial charge is 0.480 e. The molecule has 1 aliphatic heterocycles. The summed E-state index contributed by atoms with van der Waals surface area (Å²) in [6.45, 7) is 1.30. The zero-order valence-electron chi connectivity index (χ0n) is 8.65. The van der Waals surface area contributed by atoms with Gasteiger partial charge in [0.15, 0.2) is 5.79 Å². The summed E-state index contributed by atoms with van der Waals surface area (Å²) in [5.74, 6) is -1.28. The maximum Gasteiger partial charge on any atom is 0.320 e. The van der Waals surface area contributed by atoms with Gasteiger partial charge in [-0.1, -0.05) is 0 Å². The molecule has 2 aliphatic rings. The van der Waals surface area contributed by atoms with Gasteiger partial charge in [-0.2, -0.15) is 0 Å². The fourth-order valence-corrected chi connectivity index (χ4v) is 2.43. The zero-order valence-corrected chi connectivity index (χ0v) is 8.65. The molecular weight excluding hydrogens is 198 g/mol. The third-order valence-electron chi connectivity index (χ3n) is 3.40. The van der Waals surface area contributed by atoms with Gasteiger partial charge in [0.2, 0.25) is 0 Å². The Hall–Kier alpha value is -0.650. The molecule has 0 aromatic rings.